The third-order valence-electron chi connectivity index (χ3n) is 3.78. The molecule has 3 atom stereocenters. The van der Waals surface area contributed by atoms with E-state index in [1.54, 1.807) is 6.07 Å². The molecule has 1 amide bonds. The van der Waals surface area contributed by atoms with Gasteiger partial charge >= 0.3 is 0 Å². The highest BCUT2D eigenvalue weighted by molar-refractivity contribution is 5.83. The average molecular weight is 267 g/mol. The minimum atomic E-state index is -0.854. The lowest BCUT2D eigenvalue weighted by Crippen LogP contribution is -2.36. The van der Waals surface area contributed by atoms with Crippen molar-refractivity contribution < 1.29 is 18.3 Å². The molecule has 102 valence electrons. The first-order chi connectivity index (χ1) is 9.15. The van der Waals surface area contributed by atoms with Crippen molar-refractivity contribution in [2.24, 2.45) is 5.92 Å². The molecule has 0 bridgehead atoms. The molecule has 0 spiro atoms. The van der Waals surface area contributed by atoms with Crippen LogP contribution in [0.5, 0.6) is 0 Å². The van der Waals surface area contributed by atoms with Crippen molar-refractivity contribution in [3.05, 3.63) is 35.4 Å². The predicted molar refractivity (Wildman–Crippen MR) is 64.6 cm³/mol. The van der Waals surface area contributed by atoms with Crippen LogP contribution in [0.2, 0.25) is 0 Å². The topological polar surface area (TPSA) is 38.3 Å². The van der Waals surface area contributed by atoms with Crippen LogP contribution in [0.1, 0.15) is 24.3 Å². The van der Waals surface area contributed by atoms with Crippen molar-refractivity contribution in [1.29, 1.82) is 0 Å². The molecule has 19 heavy (non-hydrogen) atoms. The molecule has 1 saturated carbocycles. The van der Waals surface area contributed by atoms with Crippen LogP contribution >= 0.6 is 0 Å². The van der Waals surface area contributed by atoms with E-state index >= 15 is 0 Å². The summed E-state index contributed by atoms with van der Waals surface area (Å²) in [5.74, 6) is -1.82. The second kappa shape index (κ2) is 4.89. The van der Waals surface area contributed by atoms with Crippen molar-refractivity contribution in [3.63, 3.8) is 0 Å². The number of carbonyl (C=O) groups is 1. The standard InChI is InChI=1S/C14H15F2NO2/c15-12-2-1-8(5-13(12)16)10-6-11(10)14(18)17-9-3-4-19-7-9/h1-2,5,9-11H,3-4,6-7H2,(H,17,18)/t9-,10+,11-/m1/s1. The summed E-state index contributed by atoms with van der Waals surface area (Å²) in [7, 11) is 0. The van der Waals surface area contributed by atoms with E-state index in [0.717, 1.165) is 12.5 Å². The van der Waals surface area contributed by atoms with Gasteiger partial charge in [0.1, 0.15) is 0 Å². The molecule has 1 N–H and O–H groups in total. The van der Waals surface area contributed by atoms with Gasteiger partial charge in [0.05, 0.1) is 12.6 Å². The maximum Gasteiger partial charge on any atom is 0.224 e. The monoisotopic (exact) mass is 267 g/mol. The highest BCUT2D eigenvalue weighted by Crippen LogP contribution is 2.47. The summed E-state index contributed by atoms with van der Waals surface area (Å²) in [6.45, 7) is 1.25. The van der Waals surface area contributed by atoms with Crippen LogP contribution in [0, 0.1) is 17.6 Å². The molecule has 0 aromatic heterocycles. The fourth-order valence-corrected chi connectivity index (χ4v) is 2.55. The number of benzene rings is 1. The molecule has 1 aliphatic heterocycles. The van der Waals surface area contributed by atoms with Crippen LogP contribution in [0.25, 0.3) is 0 Å². The fraction of sp³-hybridized carbons (Fsp3) is 0.500. The first-order valence-corrected chi connectivity index (χ1v) is 6.48. The number of hydrogen-bond donors (Lipinski definition) is 1. The van der Waals surface area contributed by atoms with Gasteiger partial charge in [-0.2, -0.15) is 0 Å². The molecular formula is C14H15F2NO2. The van der Waals surface area contributed by atoms with E-state index in [1.807, 2.05) is 0 Å². The Balaban J connectivity index is 1.60. The van der Waals surface area contributed by atoms with Crippen molar-refractivity contribution in [3.8, 4) is 0 Å². The smallest absolute Gasteiger partial charge is 0.224 e. The maximum atomic E-state index is 13.1. The second-order valence-corrected chi connectivity index (χ2v) is 5.19. The van der Waals surface area contributed by atoms with Gasteiger partial charge < -0.3 is 10.1 Å². The minimum absolute atomic E-state index is 0.00904. The Bertz CT molecular complexity index is 500. The highest BCUT2D eigenvalue weighted by atomic mass is 19.2. The van der Waals surface area contributed by atoms with Gasteiger partial charge in [-0.1, -0.05) is 6.07 Å². The van der Waals surface area contributed by atoms with Crippen LogP contribution < -0.4 is 5.32 Å². The predicted octanol–water partition coefficient (Wildman–Crippen LogP) is 1.97. The molecule has 0 radical (unpaired) electrons. The van der Waals surface area contributed by atoms with Crippen LogP contribution in [0.4, 0.5) is 8.78 Å². The van der Waals surface area contributed by atoms with Crippen LogP contribution in [-0.2, 0) is 9.53 Å². The lowest BCUT2D eigenvalue weighted by molar-refractivity contribution is -0.123. The normalized spacial score (nSPS) is 29.3. The van der Waals surface area contributed by atoms with E-state index in [9.17, 15) is 13.6 Å². The minimum Gasteiger partial charge on any atom is -0.379 e. The molecular weight excluding hydrogens is 252 g/mol. The Morgan fingerprint density at radius 3 is 2.84 bits per heavy atom. The number of nitrogens with one attached hydrogen (secondary N) is 1. The average Bonchev–Trinajstić information content (AvgIpc) is 3.04. The van der Waals surface area contributed by atoms with Gasteiger partial charge in [-0.05, 0) is 36.5 Å². The van der Waals surface area contributed by atoms with Gasteiger partial charge in [0.2, 0.25) is 5.91 Å². The quantitative estimate of drug-likeness (QED) is 0.909. The molecule has 1 aromatic rings. The van der Waals surface area contributed by atoms with E-state index in [4.69, 9.17) is 4.74 Å². The van der Waals surface area contributed by atoms with Gasteiger partial charge in [-0.15, -0.1) is 0 Å². The Labute approximate surface area is 109 Å². The summed E-state index contributed by atoms with van der Waals surface area (Å²) in [6.07, 6.45) is 1.54. The number of halogens is 2. The third kappa shape index (κ3) is 2.61. The largest absolute Gasteiger partial charge is 0.379 e. The highest BCUT2D eigenvalue weighted by Gasteiger charge is 2.44. The zero-order valence-corrected chi connectivity index (χ0v) is 10.4. The van der Waals surface area contributed by atoms with Crippen molar-refractivity contribution in [2.45, 2.75) is 24.8 Å². The SMILES string of the molecule is O=C(N[C@@H]1CCOC1)[C@@H]1C[C@H]1c1ccc(F)c(F)c1. The van der Waals surface area contributed by atoms with Crippen molar-refractivity contribution in [1.82, 2.24) is 5.32 Å². The Morgan fingerprint density at radius 2 is 2.16 bits per heavy atom. The van der Waals surface area contributed by atoms with E-state index in [-0.39, 0.29) is 23.8 Å². The molecule has 3 nitrogen and oxygen atoms in total. The van der Waals surface area contributed by atoms with Crippen molar-refractivity contribution in [2.75, 3.05) is 13.2 Å². The summed E-state index contributed by atoms with van der Waals surface area (Å²) in [4.78, 5) is 12.0. The van der Waals surface area contributed by atoms with Gasteiger partial charge in [0.25, 0.3) is 0 Å². The molecule has 2 fully saturated rings. The molecule has 0 unspecified atom stereocenters. The van der Waals surface area contributed by atoms with Gasteiger partial charge in [0.15, 0.2) is 11.6 Å². The van der Waals surface area contributed by atoms with Crippen molar-refractivity contribution >= 4 is 5.91 Å². The summed E-state index contributed by atoms with van der Waals surface area (Å²) in [5.41, 5.74) is 0.696. The number of ether oxygens (including phenoxy) is 1. The molecule has 2 aliphatic rings. The molecule has 1 aliphatic carbocycles. The molecule has 3 rings (SSSR count). The molecule has 1 heterocycles. The first kappa shape index (κ1) is 12.5. The maximum absolute atomic E-state index is 13.1. The van der Waals surface area contributed by atoms with E-state index < -0.39 is 11.6 Å². The van der Waals surface area contributed by atoms with Crippen LogP contribution in [0.15, 0.2) is 18.2 Å². The molecule has 1 aromatic carbocycles. The van der Waals surface area contributed by atoms with E-state index in [1.165, 1.54) is 6.07 Å². The molecule has 5 heteroatoms. The first-order valence-electron chi connectivity index (χ1n) is 6.48. The van der Waals surface area contributed by atoms with E-state index in [0.29, 0.717) is 25.2 Å². The zero-order valence-electron chi connectivity index (χ0n) is 10.4. The molecule has 1 saturated heterocycles. The van der Waals surface area contributed by atoms with Crippen LogP contribution in [0.3, 0.4) is 0 Å². The Morgan fingerprint density at radius 1 is 1.32 bits per heavy atom. The van der Waals surface area contributed by atoms with Gasteiger partial charge in [0, 0.05) is 12.5 Å². The zero-order chi connectivity index (χ0) is 13.4. The summed E-state index contributed by atoms with van der Waals surface area (Å²) >= 11 is 0. The lowest BCUT2D eigenvalue weighted by atomic mass is 10.1. The van der Waals surface area contributed by atoms with E-state index in [2.05, 4.69) is 5.32 Å². The second-order valence-electron chi connectivity index (χ2n) is 5.19. The third-order valence-corrected chi connectivity index (χ3v) is 3.78. The van der Waals surface area contributed by atoms with Gasteiger partial charge in [-0.3, -0.25) is 4.79 Å². The fourth-order valence-electron chi connectivity index (χ4n) is 2.55. The summed E-state index contributed by atoms with van der Waals surface area (Å²) < 4.78 is 31.2. The Kier molecular flexibility index (Phi) is 3.22. The van der Waals surface area contributed by atoms with Crippen LogP contribution in [-0.4, -0.2) is 25.2 Å². The summed E-state index contributed by atoms with van der Waals surface area (Å²) in [6, 6.07) is 3.95. The number of carbonyl (C=O) groups excluding carboxylic acids is 1. The lowest BCUT2D eigenvalue weighted by Gasteiger charge is -2.10. The number of rotatable bonds is 3. The number of hydrogen-bond acceptors (Lipinski definition) is 2. The Hall–Kier alpha value is -1.49. The summed E-state index contributed by atoms with van der Waals surface area (Å²) in [5, 5.41) is 2.93. The number of amides is 1. The van der Waals surface area contributed by atoms with Gasteiger partial charge in [-0.25, -0.2) is 8.78 Å².